The fourth-order valence-corrected chi connectivity index (χ4v) is 3.96. The fraction of sp³-hybridized carbons (Fsp3) is 0.333. The number of aromatic nitrogens is 4. The minimum Gasteiger partial charge on any atom is -0.329 e. The van der Waals surface area contributed by atoms with Gasteiger partial charge in [0.1, 0.15) is 11.4 Å². The van der Waals surface area contributed by atoms with Crippen LogP contribution in [0.1, 0.15) is 41.6 Å². The Balaban J connectivity index is 1.68. The van der Waals surface area contributed by atoms with Gasteiger partial charge in [-0.2, -0.15) is 0 Å². The molecule has 0 bridgehead atoms. The largest absolute Gasteiger partial charge is 0.329 e. The van der Waals surface area contributed by atoms with Crippen molar-refractivity contribution in [3.63, 3.8) is 0 Å². The van der Waals surface area contributed by atoms with Gasteiger partial charge < -0.3 is 14.5 Å². The highest BCUT2D eigenvalue weighted by Crippen LogP contribution is 2.48. The van der Waals surface area contributed by atoms with E-state index in [9.17, 15) is 14.4 Å². The quantitative estimate of drug-likeness (QED) is 0.728. The van der Waals surface area contributed by atoms with Gasteiger partial charge in [-0.3, -0.25) is 14.2 Å². The van der Waals surface area contributed by atoms with Crippen LogP contribution in [0.2, 0.25) is 0 Å². The molecule has 0 aliphatic carbocycles. The summed E-state index contributed by atoms with van der Waals surface area (Å²) in [6.45, 7) is 5.30. The monoisotopic (exact) mass is 393 g/mol. The van der Waals surface area contributed by atoms with Gasteiger partial charge in [0.25, 0.3) is 11.5 Å². The number of nitrogens with one attached hydrogen (secondary N) is 1. The zero-order valence-electron chi connectivity index (χ0n) is 16.6. The number of H-pyrrole nitrogens is 1. The number of aromatic amines is 1. The summed E-state index contributed by atoms with van der Waals surface area (Å²) in [5.41, 5.74) is -0.256. The maximum atomic E-state index is 13.1. The lowest BCUT2D eigenvalue weighted by molar-refractivity contribution is -0.0379. The van der Waals surface area contributed by atoms with Crippen LogP contribution >= 0.6 is 0 Å². The van der Waals surface area contributed by atoms with E-state index in [1.807, 2.05) is 41.1 Å². The Hall–Kier alpha value is -3.42. The number of hydrogen-bond acceptors (Lipinski definition) is 4. The lowest BCUT2D eigenvalue weighted by atomic mass is 9.74. The van der Waals surface area contributed by atoms with Gasteiger partial charge in [-0.05, 0) is 5.56 Å². The molecule has 3 aromatic rings. The molecule has 0 spiro atoms. The van der Waals surface area contributed by atoms with Crippen molar-refractivity contribution in [2.75, 3.05) is 6.54 Å². The molecule has 8 nitrogen and oxygen atoms in total. The van der Waals surface area contributed by atoms with Crippen molar-refractivity contribution in [2.24, 2.45) is 12.5 Å². The second kappa shape index (κ2) is 6.88. The Kier molecular flexibility index (Phi) is 4.49. The summed E-state index contributed by atoms with van der Waals surface area (Å²) in [4.78, 5) is 45.8. The molecule has 1 atom stereocenters. The third-order valence-corrected chi connectivity index (χ3v) is 5.49. The van der Waals surface area contributed by atoms with Gasteiger partial charge in [-0.15, -0.1) is 0 Å². The average molecular weight is 393 g/mol. The van der Waals surface area contributed by atoms with E-state index < -0.39 is 17.2 Å². The van der Waals surface area contributed by atoms with Gasteiger partial charge >= 0.3 is 5.69 Å². The zero-order valence-corrected chi connectivity index (χ0v) is 16.6. The van der Waals surface area contributed by atoms with Crippen molar-refractivity contribution in [2.45, 2.75) is 26.4 Å². The van der Waals surface area contributed by atoms with Crippen LogP contribution in [0.4, 0.5) is 0 Å². The Morgan fingerprint density at radius 2 is 1.97 bits per heavy atom. The maximum absolute atomic E-state index is 13.1. The molecule has 4 rings (SSSR count). The van der Waals surface area contributed by atoms with E-state index in [2.05, 4.69) is 23.8 Å². The number of likely N-dealkylation sites (tertiary alicyclic amines) is 1. The standard InChI is InChI=1S/C21H23N5O3/c1-21(2)13-26(19(28)15-11-23-20(29)24(3)18(15)27)16(21)17-22-9-10-25(17)12-14-7-5-4-6-8-14/h4-11,16H,12-13H2,1-3H3,(H,23,29). The molecular weight excluding hydrogens is 370 g/mol. The molecule has 0 saturated carbocycles. The molecule has 1 fully saturated rings. The second-order valence-corrected chi connectivity index (χ2v) is 8.09. The van der Waals surface area contributed by atoms with E-state index in [4.69, 9.17) is 0 Å². The molecular formula is C21H23N5O3. The molecule has 1 aromatic carbocycles. The molecule has 1 saturated heterocycles. The number of nitrogens with zero attached hydrogens (tertiary/aromatic N) is 4. The lowest BCUT2D eigenvalue weighted by Crippen LogP contribution is -2.59. The van der Waals surface area contributed by atoms with Crippen LogP contribution in [0.15, 0.2) is 58.5 Å². The Labute approximate surface area is 167 Å². The number of carbonyl (C=O) groups excluding carboxylic acids is 1. The summed E-state index contributed by atoms with van der Waals surface area (Å²) in [6, 6.07) is 9.76. The number of carbonyl (C=O) groups is 1. The smallest absolute Gasteiger partial charge is 0.328 e. The van der Waals surface area contributed by atoms with Crippen molar-refractivity contribution >= 4 is 5.91 Å². The predicted molar refractivity (Wildman–Crippen MR) is 108 cm³/mol. The van der Waals surface area contributed by atoms with Gasteiger partial charge in [0.05, 0.1) is 6.04 Å². The van der Waals surface area contributed by atoms with E-state index in [1.165, 1.54) is 13.2 Å². The number of imidazole rings is 1. The fourth-order valence-electron chi connectivity index (χ4n) is 3.96. The summed E-state index contributed by atoms with van der Waals surface area (Å²) in [5.74, 6) is 0.375. The summed E-state index contributed by atoms with van der Waals surface area (Å²) < 4.78 is 2.94. The summed E-state index contributed by atoms with van der Waals surface area (Å²) >= 11 is 0. The first-order chi connectivity index (χ1) is 13.8. The van der Waals surface area contributed by atoms with Gasteiger partial charge in [-0.1, -0.05) is 44.2 Å². The molecule has 2 aromatic heterocycles. The molecule has 8 heteroatoms. The summed E-state index contributed by atoms with van der Waals surface area (Å²) in [7, 11) is 1.35. The molecule has 1 amide bonds. The number of hydrogen-bond donors (Lipinski definition) is 1. The lowest BCUT2D eigenvalue weighted by Gasteiger charge is -2.53. The predicted octanol–water partition coefficient (Wildman–Crippen LogP) is 1.54. The van der Waals surface area contributed by atoms with Crippen LogP contribution < -0.4 is 11.2 Å². The van der Waals surface area contributed by atoms with Gasteiger partial charge in [0.15, 0.2) is 0 Å². The van der Waals surface area contributed by atoms with Crippen molar-refractivity contribution < 1.29 is 4.79 Å². The summed E-state index contributed by atoms with van der Waals surface area (Å²) in [5, 5.41) is 0. The Morgan fingerprint density at radius 1 is 1.24 bits per heavy atom. The van der Waals surface area contributed by atoms with Crippen LogP contribution in [0.25, 0.3) is 0 Å². The third kappa shape index (κ3) is 3.20. The van der Waals surface area contributed by atoms with Crippen molar-refractivity contribution in [1.29, 1.82) is 0 Å². The van der Waals surface area contributed by atoms with E-state index >= 15 is 0 Å². The number of amides is 1. The molecule has 1 aliphatic rings. The molecule has 1 aliphatic heterocycles. The second-order valence-electron chi connectivity index (χ2n) is 8.09. The van der Waals surface area contributed by atoms with Crippen LogP contribution in [0, 0.1) is 5.41 Å². The van der Waals surface area contributed by atoms with E-state index in [0.717, 1.165) is 16.0 Å². The van der Waals surface area contributed by atoms with Crippen LogP contribution in [0.5, 0.6) is 0 Å². The number of rotatable bonds is 4. The highest BCUT2D eigenvalue weighted by Gasteiger charge is 2.51. The normalized spacial score (nSPS) is 17.8. The highest BCUT2D eigenvalue weighted by atomic mass is 16.2. The highest BCUT2D eigenvalue weighted by molar-refractivity contribution is 5.94. The first kappa shape index (κ1) is 18.9. The molecule has 150 valence electrons. The topological polar surface area (TPSA) is 93.0 Å². The van der Waals surface area contributed by atoms with E-state index in [-0.39, 0.29) is 17.0 Å². The average Bonchev–Trinajstić information content (AvgIpc) is 3.12. The third-order valence-electron chi connectivity index (χ3n) is 5.49. The molecule has 29 heavy (non-hydrogen) atoms. The molecule has 3 heterocycles. The van der Waals surface area contributed by atoms with Crippen molar-refractivity contribution in [3.8, 4) is 0 Å². The number of benzene rings is 1. The van der Waals surface area contributed by atoms with E-state index in [1.54, 1.807) is 11.1 Å². The minimum atomic E-state index is -0.602. The zero-order chi connectivity index (χ0) is 20.8. The minimum absolute atomic E-state index is 0.0474. The van der Waals surface area contributed by atoms with Crippen molar-refractivity contribution in [1.82, 2.24) is 24.0 Å². The Bertz CT molecular complexity index is 1170. The van der Waals surface area contributed by atoms with Crippen LogP contribution in [-0.4, -0.2) is 36.5 Å². The van der Waals surface area contributed by atoms with Crippen molar-refractivity contribution in [3.05, 3.63) is 86.7 Å². The van der Waals surface area contributed by atoms with Crippen LogP contribution in [0.3, 0.4) is 0 Å². The first-order valence-corrected chi connectivity index (χ1v) is 9.44. The first-order valence-electron chi connectivity index (χ1n) is 9.44. The Morgan fingerprint density at radius 3 is 2.66 bits per heavy atom. The molecule has 0 radical (unpaired) electrons. The van der Waals surface area contributed by atoms with E-state index in [0.29, 0.717) is 13.1 Å². The van der Waals surface area contributed by atoms with Gasteiger partial charge in [0.2, 0.25) is 0 Å². The summed E-state index contributed by atoms with van der Waals surface area (Å²) in [6.07, 6.45) is 4.83. The maximum Gasteiger partial charge on any atom is 0.328 e. The molecule has 1 unspecified atom stereocenters. The van der Waals surface area contributed by atoms with Gasteiger partial charge in [-0.25, -0.2) is 9.78 Å². The SMILES string of the molecule is Cn1c(=O)[nH]cc(C(=O)N2CC(C)(C)C2c2nccn2Cc2ccccc2)c1=O. The molecule has 1 N–H and O–H groups in total. The van der Waals surface area contributed by atoms with Crippen LogP contribution in [-0.2, 0) is 13.6 Å². The van der Waals surface area contributed by atoms with Gasteiger partial charge in [0, 0.05) is 44.1 Å².